The van der Waals surface area contributed by atoms with E-state index in [-0.39, 0.29) is 30.5 Å². The first kappa shape index (κ1) is 21.6. The summed E-state index contributed by atoms with van der Waals surface area (Å²) in [6.07, 6.45) is 12.1. The molecule has 1 aliphatic carbocycles. The number of Topliss-reactive ketones (excluding diaryl/α,β-unsaturated/α-hetero) is 1. The molecule has 5 nitrogen and oxygen atoms in total. The van der Waals surface area contributed by atoms with Gasteiger partial charge in [0.25, 0.3) is 0 Å². The van der Waals surface area contributed by atoms with Gasteiger partial charge in [-0.25, -0.2) is 0 Å². The molecule has 3 N–H and O–H groups in total. The fraction of sp³-hybridized carbons (Fsp3) is 0.700. The molecule has 1 rings (SSSR count). The summed E-state index contributed by atoms with van der Waals surface area (Å²) < 4.78 is 0. The maximum atomic E-state index is 12.1. The standard InChI is InChI=1S/C20H32O5/c1-2-3-6-9-15(21)12-13-17-16(18(22)14-19(17)23)10-7-4-5-8-11-20(24)25/h4,7,12-13,15-17,19,21,23H,2-3,5-6,8-11,14H2,1H3,(H,24,25)/b7-4+,13-12+/t15?,16-,17-,19-/m1/s1. The smallest absolute Gasteiger partial charge is 0.303 e. The molecule has 1 fully saturated rings. The van der Waals surface area contributed by atoms with Crippen LogP contribution < -0.4 is 0 Å². The zero-order valence-electron chi connectivity index (χ0n) is 15.1. The number of carbonyl (C=O) groups is 2. The summed E-state index contributed by atoms with van der Waals surface area (Å²) in [7, 11) is 0. The molecule has 0 heterocycles. The van der Waals surface area contributed by atoms with Crippen molar-refractivity contribution in [1.29, 1.82) is 0 Å². The second-order valence-electron chi connectivity index (χ2n) is 6.86. The number of ketones is 1. The normalized spacial score (nSPS) is 25.2. The Morgan fingerprint density at radius 3 is 2.72 bits per heavy atom. The molecular weight excluding hydrogens is 320 g/mol. The van der Waals surface area contributed by atoms with Gasteiger partial charge in [-0.2, -0.15) is 0 Å². The van der Waals surface area contributed by atoms with Crippen LogP contribution in [-0.4, -0.2) is 39.3 Å². The van der Waals surface area contributed by atoms with Gasteiger partial charge in [0.05, 0.1) is 12.2 Å². The molecule has 0 saturated heterocycles. The van der Waals surface area contributed by atoms with E-state index in [0.717, 1.165) is 19.3 Å². The minimum absolute atomic E-state index is 0.0535. The molecule has 0 amide bonds. The van der Waals surface area contributed by atoms with Crippen LogP contribution in [-0.2, 0) is 9.59 Å². The average molecular weight is 352 g/mol. The first-order valence-corrected chi connectivity index (χ1v) is 9.39. The fourth-order valence-corrected chi connectivity index (χ4v) is 3.22. The minimum atomic E-state index is -0.801. The second kappa shape index (κ2) is 12.0. The van der Waals surface area contributed by atoms with E-state index in [0.29, 0.717) is 25.7 Å². The molecule has 0 bridgehead atoms. The summed E-state index contributed by atoms with van der Waals surface area (Å²) in [6, 6.07) is 0. The number of carboxylic acids is 1. The lowest BCUT2D eigenvalue weighted by Crippen LogP contribution is -2.18. The summed E-state index contributed by atoms with van der Waals surface area (Å²) in [6.45, 7) is 2.11. The van der Waals surface area contributed by atoms with Gasteiger partial charge in [0, 0.05) is 24.7 Å². The monoisotopic (exact) mass is 352 g/mol. The molecule has 1 aliphatic rings. The van der Waals surface area contributed by atoms with Crippen LogP contribution in [0.3, 0.4) is 0 Å². The zero-order valence-corrected chi connectivity index (χ0v) is 15.1. The Balaban J connectivity index is 2.48. The Hall–Kier alpha value is -1.46. The molecule has 0 aromatic heterocycles. The van der Waals surface area contributed by atoms with Crippen LogP contribution in [0.2, 0.25) is 0 Å². The van der Waals surface area contributed by atoms with Crippen LogP contribution in [0, 0.1) is 11.8 Å². The van der Waals surface area contributed by atoms with E-state index < -0.39 is 18.2 Å². The molecule has 4 atom stereocenters. The molecule has 1 unspecified atom stereocenters. The summed E-state index contributed by atoms with van der Waals surface area (Å²) in [5.74, 6) is -1.26. The quantitative estimate of drug-likeness (QED) is 0.370. The number of allylic oxidation sites excluding steroid dienone is 2. The van der Waals surface area contributed by atoms with Crippen LogP contribution >= 0.6 is 0 Å². The number of unbranched alkanes of at least 4 members (excludes halogenated alkanes) is 3. The Bertz CT molecular complexity index is 469. The lowest BCUT2D eigenvalue weighted by Gasteiger charge is -2.16. The highest BCUT2D eigenvalue weighted by Crippen LogP contribution is 2.33. The Kier molecular flexibility index (Phi) is 10.3. The number of aliphatic hydroxyl groups is 2. The van der Waals surface area contributed by atoms with E-state index in [9.17, 15) is 19.8 Å². The largest absolute Gasteiger partial charge is 0.481 e. The van der Waals surface area contributed by atoms with E-state index in [2.05, 4.69) is 6.92 Å². The molecule has 0 aromatic rings. The van der Waals surface area contributed by atoms with Gasteiger partial charge in [0.1, 0.15) is 5.78 Å². The lowest BCUT2D eigenvalue weighted by molar-refractivity contribution is -0.137. The van der Waals surface area contributed by atoms with Gasteiger partial charge in [-0.05, 0) is 25.7 Å². The number of aliphatic hydroxyl groups excluding tert-OH is 2. The van der Waals surface area contributed by atoms with E-state index in [1.807, 2.05) is 12.2 Å². The number of carbonyl (C=O) groups excluding carboxylic acids is 1. The molecule has 5 heteroatoms. The third-order valence-corrected chi connectivity index (χ3v) is 4.71. The van der Waals surface area contributed by atoms with Crippen LogP contribution in [0.4, 0.5) is 0 Å². The molecule has 142 valence electrons. The van der Waals surface area contributed by atoms with Gasteiger partial charge in [-0.3, -0.25) is 9.59 Å². The maximum Gasteiger partial charge on any atom is 0.303 e. The van der Waals surface area contributed by atoms with Crippen molar-refractivity contribution in [3.05, 3.63) is 24.3 Å². The van der Waals surface area contributed by atoms with Gasteiger partial charge in [-0.1, -0.05) is 50.5 Å². The second-order valence-corrected chi connectivity index (χ2v) is 6.86. The molecular formula is C20H32O5. The van der Waals surface area contributed by atoms with Gasteiger partial charge < -0.3 is 15.3 Å². The van der Waals surface area contributed by atoms with Gasteiger partial charge in [0.2, 0.25) is 0 Å². The van der Waals surface area contributed by atoms with Crippen LogP contribution in [0.15, 0.2) is 24.3 Å². The lowest BCUT2D eigenvalue weighted by atomic mass is 9.90. The van der Waals surface area contributed by atoms with Crippen LogP contribution in [0.1, 0.15) is 64.7 Å². The van der Waals surface area contributed by atoms with Crippen LogP contribution in [0.5, 0.6) is 0 Å². The van der Waals surface area contributed by atoms with E-state index in [1.165, 1.54) is 0 Å². The summed E-state index contributed by atoms with van der Waals surface area (Å²) >= 11 is 0. The third kappa shape index (κ3) is 8.45. The van der Waals surface area contributed by atoms with Gasteiger partial charge in [0.15, 0.2) is 0 Å². The SMILES string of the molecule is CCCCCC(O)/C=C/[C@H]1[C@H](O)CC(=O)[C@@H]1C/C=C/CCCC(=O)O. The summed E-state index contributed by atoms with van der Waals surface area (Å²) in [5, 5.41) is 28.7. The number of hydrogen-bond donors (Lipinski definition) is 3. The number of hydrogen-bond acceptors (Lipinski definition) is 4. The van der Waals surface area contributed by atoms with Crippen molar-refractivity contribution in [3.8, 4) is 0 Å². The van der Waals surface area contributed by atoms with Crippen molar-refractivity contribution < 1.29 is 24.9 Å². The van der Waals surface area contributed by atoms with Crippen molar-refractivity contribution in [1.82, 2.24) is 0 Å². The predicted octanol–water partition coefficient (Wildman–Crippen LogP) is 3.25. The van der Waals surface area contributed by atoms with E-state index in [1.54, 1.807) is 12.2 Å². The Morgan fingerprint density at radius 2 is 2.04 bits per heavy atom. The number of carboxylic acid groups (broad SMARTS) is 1. The van der Waals surface area contributed by atoms with E-state index >= 15 is 0 Å². The molecule has 1 saturated carbocycles. The molecule has 0 aliphatic heterocycles. The van der Waals surface area contributed by atoms with Gasteiger partial charge >= 0.3 is 5.97 Å². The third-order valence-electron chi connectivity index (χ3n) is 4.71. The summed E-state index contributed by atoms with van der Waals surface area (Å²) in [4.78, 5) is 22.5. The zero-order chi connectivity index (χ0) is 18.7. The number of rotatable bonds is 12. The van der Waals surface area contributed by atoms with Gasteiger partial charge in [-0.15, -0.1) is 0 Å². The van der Waals surface area contributed by atoms with Crippen LogP contribution in [0.25, 0.3) is 0 Å². The first-order valence-electron chi connectivity index (χ1n) is 9.39. The number of aliphatic carboxylic acids is 1. The van der Waals surface area contributed by atoms with E-state index in [4.69, 9.17) is 5.11 Å². The molecule has 0 spiro atoms. The molecule has 0 radical (unpaired) electrons. The summed E-state index contributed by atoms with van der Waals surface area (Å²) in [5.41, 5.74) is 0. The van der Waals surface area contributed by atoms with Crippen molar-refractivity contribution >= 4 is 11.8 Å². The predicted molar refractivity (Wildman–Crippen MR) is 97.1 cm³/mol. The Morgan fingerprint density at radius 1 is 1.28 bits per heavy atom. The minimum Gasteiger partial charge on any atom is -0.481 e. The highest BCUT2D eigenvalue weighted by molar-refractivity contribution is 5.84. The highest BCUT2D eigenvalue weighted by Gasteiger charge is 2.39. The fourth-order valence-electron chi connectivity index (χ4n) is 3.22. The molecule has 0 aromatic carbocycles. The average Bonchev–Trinajstić information content (AvgIpc) is 2.82. The van der Waals surface area contributed by atoms with Crippen molar-refractivity contribution in [2.75, 3.05) is 0 Å². The Labute approximate surface area is 150 Å². The highest BCUT2D eigenvalue weighted by atomic mass is 16.4. The van der Waals surface area contributed by atoms with Crippen molar-refractivity contribution in [3.63, 3.8) is 0 Å². The molecule has 25 heavy (non-hydrogen) atoms. The maximum absolute atomic E-state index is 12.1. The van der Waals surface area contributed by atoms with Crippen molar-refractivity contribution in [2.24, 2.45) is 11.8 Å². The topological polar surface area (TPSA) is 94.8 Å². The van der Waals surface area contributed by atoms with Crippen molar-refractivity contribution in [2.45, 2.75) is 76.9 Å². The first-order chi connectivity index (χ1) is 12.0.